The SMILES string of the molecule is COc1ccc2c(c1)[nH]c(=O)n2C1CCN(C(=O)OC(C)(C)C)CC1. The minimum atomic E-state index is -0.499. The molecular formula is C18H25N3O4. The first-order valence-corrected chi connectivity index (χ1v) is 8.54. The van der Waals surface area contributed by atoms with Crippen molar-refractivity contribution in [2.24, 2.45) is 0 Å². The number of carbonyl (C=O) groups is 1. The zero-order valence-electron chi connectivity index (χ0n) is 15.2. The Hall–Kier alpha value is -2.44. The van der Waals surface area contributed by atoms with Gasteiger partial charge in [0.2, 0.25) is 0 Å². The minimum absolute atomic E-state index is 0.0633. The number of piperidine rings is 1. The molecule has 7 nitrogen and oxygen atoms in total. The van der Waals surface area contributed by atoms with Crippen molar-refractivity contribution >= 4 is 17.1 Å². The van der Waals surface area contributed by atoms with E-state index >= 15 is 0 Å². The van der Waals surface area contributed by atoms with Gasteiger partial charge in [-0.15, -0.1) is 0 Å². The number of ether oxygens (including phenoxy) is 2. The fourth-order valence-corrected chi connectivity index (χ4v) is 3.23. The third kappa shape index (κ3) is 3.65. The highest BCUT2D eigenvalue weighted by molar-refractivity contribution is 5.77. The molecule has 0 radical (unpaired) electrons. The number of likely N-dealkylation sites (tertiary alicyclic amines) is 1. The number of hydrogen-bond acceptors (Lipinski definition) is 4. The molecule has 1 aliphatic heterocycles. The molecule has 0 bridgehead atoms. The molecule has 0 spiro atoms. The van der Waals surface area contributed by atoms with Gasteiger partial charge in [-0.05, 0) is 45.7 Å². The lowest BCUT2D eigenvalue weighted by atomic mass is 10.0. The highest BCUT2D eigenvalue weighted by Gasteiger charge is 2.28. The van der Waals surface area contributed by atoms with E-state index in [-0.39, 0.29) is 17.8 Å². The normalized spacial score (nSPS) is 16.2. The molecule has 1 aromatic carbocycles. The summed E-state index contributed by atoms with van der Waals surface area (Å²) in [5.41, 5.74) is 1.00. The number of carbonyl (C=O) groups excluding carboxylic acids is 1. The summed E-state index contributed by atoms with van der Waals surface area (Å²) >= 11 is 0. The summed E-state index contributed by atoms with van der Waals surface area (Å²) in [7, 11) is 1.60. The molecule has 2 aromatic rings. The van der Waals surface area contributed by atoms with Crippen molar-refractivity contribution in [1.29, 1.82) is 0 Å². The van der Waals surface area contributed by atoms with Crippen LogP contribution in [-0.2, 0) is 4.74 Å². The Kier molecular flexibility index (Phi) is 4.49. The third-order valence-electron chi connectivity index (χ3n) is 4.40. The standard InChI is InChI=1S/C18H25N3O4/c1-18(2,3)25-17(23)20-9-7-12(8-10-20)21-15-6-5-13(24-4)11-14(15)19-16(21)22/h5-6,11-12H,7-10H2,1-4H3,(H,19,22). The number of H-pyrrole nitrogens is 1. The lowest BCUT2D eigenvalue weighted by molar-refractivity contribution is 0.0189. The maximum Gasteiger partial charge on any atom is 0.410 e. The van der Waals surface area contributed by atoms with Gasteiger partial charge in [-0.2, -0.15) is 0 Å². The number of aromatic nitrogens is 2. The summed E-state index contributed by atoms with van der Waals surface area (Å²) in [5, 5.41) is 0. The van der Waals surface area contributed by atoms with Crippen LogP contribution in [0, 0.1) is 0 Å². The van der Waals surface area contributed by atoms with Gasteiger partial charge < -0.3 is 19.4 Å². The van der Waals surface area contributed by atoms with E-state index in [1.807, 2.05) is 39.0 Å². The van der Waals surface area contributed by atoms with Crippen LogP contribution in [0.1, 0.15) is 39.7 Å². The number of fused-ring (bicyclic) bond motifs is 1. The molecule has 1 aromatic heterocycles. The van der Waals surface area contributed by atoms with Crippen molar-refractivity contribution in [3.63, 3.8) is 0 Å². The molecule has 1 saturated heterocycles. The Bertz CT molecular complexity index is 823. The Morgan fingerprint density at radius 1 is 1.24 bits per heavy atom. The maximum absolute atomic E-state index is 12.4. The molecule has 1 N–H and O–H groups in total. The molecule has 136 valence electrons. The van der Waals surface area contributed by atoms with E-state index < -0.39 is 5.60 Å². The zero-order valence-corrected chi connectivity index (χ0v) is 15.2. The third-order valence-corrected chi connectivity index (χ3v) is 4.40. The molecule has 0 saturated carbocycles. The average Bonchev–Trinajstić information content (AvgIpc) is 2.88. The fraction of sp³-hybridized carbons (Fsp3) is 0.556. The van der Waals surface area contributed by atoms with Crippen LogP contribution in [0.3, 0.4) is 0 Å². The predicted octanol–water partition coefficient (Wildman–Crippen LogP) is 2.91. The van der Waals surface area contributed by atoms with Gasteiger partial charge in [0, 0.05) is 25.2 Å². The molecule has 2 heterocycles. The predicted molar refractivity (Wildman–Crippen MR) is 95.2 cm³/mol. The van der Waals surface area contributed by atoms with Crippen molar-refractivity contribution in [2.45, 2.75) is 45.3 Å². The molecule has 0 aliphatic carbocycles. The van der Waals surface area contributed by atoms with Gasteiger partial charge in [0.1, 0.15) is 11.4 Å². The molecule has 25 heavy (non-hydrogen) atoms. The van der Waals surface area contributed by atoms with E-state index in [1.165, 1.54) is 0 Å². The topological polar surface area (TPSA) is 76.6 Å². The molecule has 0 unspecified atom stereocenters. The van der Waals surface area contributed by atoms with E-state index in [9.17, 15) is 9.59 Å². The molecule has 1 amide bonds. The number of benzene rings is 1. The van der Waals surface area contributed by atoms with Gasteiger partial charge in [-0.25, -0.2) is 9.59 Å². The summed E-state index contributed by atoms with van der Waals surface area (Å²) in [6.07, 6.45) is 1.15. The molecule has 0 atom stereocenters. The van der Waals surface area contributed by atoms with Gasteiger partial charge >= 0.3 is 11.8 Å². The monoisotopic (exact) mass is 347 g/mol. The lowest BCUT2D eigenvalue weighted by Gasteiger charge is -2.33. The summed E-state index contributed by atoms with van der Waals surface area (Å²) in [5.74, 6) is 0.709. The van der Waals surface area contributed by atoms with Crippen molar-refractivity contribution in [3.8, 4) is 5.75 Å². The quantitative estimate of drug-likeness (QED) is 0.906. The minimum Gasteiger partial charge on any atom is -0.497 e. The van der Waals surface area contributed by atoms with Crippen molar-refractivity contribution in [2.75, 3.05) is 20.2 Å². The Morgan fingerprint density at radius 2 is 1.92 bits per heavy atom. The molecule has 1 aliphatic rings. The Morgan fingerprint density at radius 3 is 2.52 bits per heavy atom. The number of methoxy groups -OCH3 is 1. The average molecular weight is 347 g/mol. The van der Waals surface area contributed by atoms with Gasteiger partial charge in [0.05, 0.1) is 18.1 Å². The Labute approximate surface area is 146 Å². The maximum atomic E-state index is 12.4. The van der Waals surface area contributed by atoms with Crippen molar-refractivity contribution in [3.05, 3.63) is 28.7 Å². The number of imidazole rings is 1. The van der Waals surface area contributed by atoms with Crippen LogP contribution >= 0.6 is 0 Å². The van der Waals surface area contributed by atoms with E-state index in [0.29, 0.717) is 18.8 Å². The van der Waals surface area contributed by atoms with Gasteiger partial charge in [0.25, 0.3) is 0 Å². The second-order valence-corrected chi connectivity index (χ2v) is 7.38. The first kappa shape index (κ1) is 17.4. The van der Waals surface area contributed by atoms with Crippen LogP contribution in [0.15, 0.2) is 23.0 Å². The van der Waals surface area contributed by atoms with Crippen LogP contribution in [-0.4, -0.2) is 46.3 Å². The number of nitrogens with zero attached hydrogens (tertiary/aromatic N) is 2. The second-order valence-electron chi connectivity index (χ2n) is 7.38. The Balaban J connectivity index is 1.75. The van der Waals surface area contributed by atoms with E-state index in [2.05, 4.69) is 4.98 Å². The highest BCUT2D eigenvalue weighted by atomic mass is 16.6. The smallest absolute Gasteiger partial charge is 0.410 e. The lowest BCUT2D eigenvalue weighted by Crippen LogP contribution is -2.43. The fourth-order valence-electron chi connectivity index (χ4n) is 3.23. The molecule has 7 heteroatoms. The molecular weight excluding hydrogens is 322 g/mol. The van der Waals surface area contributed by atoms with Gasteiger partial charge in [0.15, 0.2) is 0 Å². The van der Waals surface area contributed by atoms with Crippen molar-refractivity contribution < 1.29 is 14.3 Å². The molecule has 3 rings (SSSR count). The second kappa shape index (κ2) is 6.46. The van der Waals surface area contributed by atoms with Crippen LogP contribution in [0.5, 0.6) is 5.75 Å². The van der Waals surface area contributed by atoms with Gasteiger partial charge in [-0.1, -0.05) is 0 Å². The summed E-state index contributed by atoms with van der Waals surface area (Å²) in [4.78, 5) is 29.2. The number of rotatable bonds is 2. The number of nitrogens with one attached hydrogen (secondary N) is 1. The van der Waals surface area contributed by atoms with Crippen LogP contribution in [0.2, 0.25) is 0 Å². The van der Waals surface area contributed by atoms with E-state index in [1.54, 1.807) is 16.6 Å². The summed E-state index contributed by atoms with van der Waals surface area (Å²) in [6, 6.07) is 5.63. The molecule has 1 fully saturated rings. The highest BCUT2D eigenvalue weighted by Crippen LogP contribution is 2.27. The van der Waals surface area contributed by atoms with Crippen LogP contribution < -0.4 is 10.4 Å². The number of hydrogen-bond donors (Lipinski definition) is 1. The van der Waals surface area contributed by atoms with Gasteiger partial charge in [-0.3, -0.25) is 4.57 Å². The number of amides is 1. The van der Waals surface area contributed by atoms with E-state index in [0.717, 1.165) is 23.9 Å². The van der Waals surface area contributed by atoms with Crippen molar-refractivity contribution in [1.82, 2.24) is 14.5 Å². The first-order chi connectivity index (χ1) is 11.8. The van der Waals surface area contributed by atoms with Crippen LogP contribution in [0.25, 0.3) is 11.0 Å². The number of aromatic amines is 1. The first-order valence-electron chi connectivity index (χ1n) is 8.54. The summed E-state index contributed by atoms with van der Waals surface area (Å²) in [6.45, 7) is 6.73. The zero-order chi connectivity index (χ0) is 18.2. The summed E-state index contributed by atoms with van der Waals surface area (Å²) < 4.78 is 12.4. The van der Waals surface area contributed by atoms with E-state index in [4.69, 9.17) is 9.47 Å². The van der Waals surface area contributed by atoms with Crippen LogP contribution in [0.4, 0.5) is 4.79 Å². The largest absolute Gasteiger partial charge is 0.497 e.